The van der Waals surface area contributed by atoms with Gasteiger partial charge in [-0.05, 0) is 52.7 Å². The Morgan fingerprint density at radius 1 is 1.29 bits per heavy atom. The molecule has 17 heavy (non-hydrogen) atoms. The van der Waals surface area contributed by atoms with Gasteiger partial charge in [0.2, 0.25) is 0 Å². The Morgan fingerprint density at radius 3 is 2.65 bits per heavy atom. The molecule has 1 aliphatic heterocycles. The van der Waals surface area contributed by atoms with Gasteiger partial charge in [-0.1, -0.05) is 12.6 Å². The monoisotopic (exact) mass is 293 g/mol. The molecule has 1 nitrogen and oxygen atoms in total. The lowest BCUT2D eigenvalue weighted by Gasteiger charge is -2.28. The van der Waals surface area contributed by atoms with E-state index in [0.717, 1.165) is 21.4 Å². The molecule has 0 N–H and O–H groups in total. The van der Waals surface area contributed by atoms with E-state index in [4.69, 9.17) is 0 Å². The van der Waals surface area contributed by atoms with Crippen molar-refractivity contribution in [2.45, 2.75) is 6.92 Å². The molecule has 0 atom stereocenters. The number of allylic oxidation sites excluding steroid dienone is 3. The van der Waals surface area contributed by atoms with Crippen molar-refractivity contribution in [3.63, 3.8) is 0 Å². The Hall–Kier alpha value is -1.35. The third-order valence-corrected chi connectivity index (χ3v) is 3.55. The van der Waals surface area contributed by atoms with Crippen molar-refractivity contribution in [2.75, 3.05) is 7.05 Å². The van der Waals surface area contributed by atoms with Crippen LogP contribution >= 0.6 is 15.9 Å². The molecule has 0 aromatic heterocycles. The molecule has 1 aliphatic rings. The molecule has 0 amide bonds. The van der Waals surface area contributed by atoms with E-state index in [1.54, 1.807) is 12.1 Å². The van der Waals surface area contributed by atoms with Crippen molar-refractivity contribution in [2.24, 2.45) is 0 Å². The molecule has 1 aromatic rings. The smallest absolute Gasteiger partial charge is 0.132 e. The number of benzene rings is 1. The summed E-state index contributed by atoms with van der Waals surface area (Å²) >= 11 is 3.41. The number of hydrogen-bond acceptors (Lipinski definition) is 1. The molecule has 0 bridgehead atoms. The minimum Gasteiger partial charge on any atom is -0.344 e. The van der Waals surface area contributed by atoms with E-state index in [1.807, 2.05) is 37.1 Å². The summed E-state index contributed by atoms with van der Waals surface area (Å²) in [6.07, 6.45) is 3.77. The lowest BCUT2D eigenvalue weighted by atomic mass is 10.1. The first-order valence-electron chi connectivity index (χ1n) is 5.27. The molecular weight excluding hydrogens is 281 g/mol. The Kier molecular flexibility index (Phi) is 3.20. The minimum atomic E-state index is -0.206. The molecule has 2 rings (SSSR count). The highest BCUT2D eigenvalue weighted by molar-refractivity contribution is 9.12. The second-order valence-electron chi connectivity index (χ2n) is 4.06. The summed E-state index contributed by atoms with van der Waals surface area (Å²) in [5.74, 6) is -0.206. The van der Waals surface area contributed by atoms with E-state index in [1.165, 1.54) is 0 Å². The van der Waals surface area contributed by atoms with E-state index in [9.17, 15) is 4.39 Å². The van der Waals surface area contributed by atoms with Crippen LogP contribution in [-0.2, 0) is 0 Å². The lowest BCUT2D eigenvalue weighted by molar-refractivity contribution is 0.585. The quantitative estimate of drug-likeness (QED) is 0.750. The van der Waals surface area contributed by atoms with E-state index < -0.39 is 0 Å². The largest absolute Gasteiger partial charge is 0.344 e. The normalized spacial score (nSPS) is 15.8. The Bertz CT molecular complexity index is 543. The van der Waals surface area contributed by atoms with E-state index in [2.05, 4.69) is 22.5 Å². The molecule has 0 saturated carbocycles. The highest BCUT2D eigenvalue weighted by atomic mass is 79.9. The maximum absolute atomic E-state index is 13.9. The summed E-state index contributed by atoms with van der Waals surface area (Å²) in [6.45, 7) is 5.82. The Morgan fingerprint density at radius 2 is 2.00 bits per heavy atom. The van der Waals surface area contributed by atoms with Crippen molar-refractivity contribution in [3.8, 4) is 0 Å². The number of hydrogen-bond donors (Lipinski definition) is 0. The summed E-state index contributed by atoms with van der Waals surface area (Å²) in [5.41, 5.74) is 3.15. The van der Waals surface area contributed by atoms with Gasteiger partial charge in [-0.15, -0.1) is 0 Å². The van der Waals surface area contributed by atoms with Crippen LogP contribution in [0.25, 0.3) is 5.70 Å². The molecule has 1 heterocycles. The molecule has 0 fully saturated rings. The molecule has 0 saturated heterocycles. The van der Waals surface area contributed by atoms with Gasteiger partial charge >= 0.3 is 0 Å². The van der Waals surface area contributed by atoms with Gasteiger partial charge in [0.05, 0.1) is 5.70 Å². The van der Waals surface area contributed by atoms with Crippen molar-refractivity contribution in [3.05, 3.63) is 64.1 Å². The van der Waals surface area contributed by atoms with Crippen molar-refractivity contribution in [1.29, 1.82) is 0 Å². The number of rotatable bonds is 1. The first kappa shape index (κ1) is 12.1. The fraction of sp³-hybridized carbons (Fsp3) is 0.143. The highest BCUT2D eigenvalue weighted by Gasteiger charge is 2.18. The van der Waals surface area contributed by atoms with Crippen LogP contribution in [0.3, 0.4) is 0 Å². The van der Waals surface area contributed by atoms with Crippen molar-refractivity contribution in [1.82, 2.24) is 4.90 Å². The van der Waals surface area contributed by atoms with E-state index in [0.29, 0.717) is 5.56 Å². The van der Waals surface area contributed by atoms with Crippen LogP contribution < -0.4 is 0 Å². The number of likely N-dealkylation sites (N-methyl/N-ethyl adjacent to an activating group) is 1. The van der Waals surface area contributed by atoms with Gasteiger partial charge < -0.3 is 4.90 Å². The number of aryl methyl sites for hydroxylation is 1. The number of halogens is 2. The van der Waals surface area contributed by atoms with E-state index in [-0.39, 0.29) is 5.82 Å². The Labute approximate surface area is 109 Å². The topological polar surface area (TPSA) is 3.24 Å². The average molecular weight is 294 g/mol. The second-order valence-corrected chi connectivity index (χ2v) is 4.91. The molecule has 0 spiro atoms. The predicted octanol–water partition coefficient (Wildman–Crippen LogP) is 4.21. The maximum atomic E-state index is 13.9. The fourth-order valence-corrected chi connectivity index (χ4v) is 2.16. The van der Waals surface area contributed by atoms with Gasteiger partial charge in [0, 0.05) is 22.8 Å². The van der Waals surface area contributed by atoms with Crippen LogP contribution in [0.5, 0.6) is 0 Å². The standard InChI is InChI=1S/C14H13BrFN/c1-9-4-5-11(13(16)8-9)14-7-6-12(15)10(2)17(14)3/h4-8H,2H2,1,3H3. The molecule has 0 radical (unpaired) electrons. The van der Waals surface area contributed by atoms with Crippen LogP contribution in [0.4, 0.5) is 4.39 Å². The second kappa shape index (κ2) is 4.49. The zero-order chi connectivity index (χ0) is 12.6. The summed E-state index contributed by atoms with van der Waals surface area (Å²) in [4.78, 5) is 1.87. The third-order valence-electron chi connectivity index (χ3n) is 2.83. The zero-order valence-electron chi connectivity index (χ0n) is 9.80. The Balaban J connectivity index is 2.51. The molecule has 3 heteroatoms. The van der Waals surface area contributed by atoms with Crippen LogP contribution in [0.2, 0.25) is 0 Å². The fourth-order valence-electron chi connectivity index (χ4n) is 1.76. The van der Waals surface area contributed by atoms with E-state index >= 15 is 0 Å². The predicted molar refractivity (Wildman–Crippen MR) is 73.0 cm³/mol. The summed E-state index contributed by atoms with van der Waals surface area (Å²) in [6, 6.07) is 5.25. The van der Waals surface area contributed by atoms with Crippen molar-refractivity contribution < 1.29 is 4.39 Å². The molecule has 0 aliphatic carbocycles. The SMILES string of the molecule is C=C1C(Br)=CC=C(c2ccc(C)cc2F)N1C. The lowest BCUT2D eigenvalue weighted by Crippen LogP contribution is -2.18. The van der Waals surface area contributed by atoms with Crippen LogP contribution in [-0.4, -0.2) is 11.9 Å². The average Bonchev–Trinajstić information content (AvgIpc) is 2.28. The highest BCUT2D eigenvalue weighted by Crippen LogP contribution is 2.32. The van der Waals surface area contributed by atoms with Crippen LogP contribution in [0, 0.1) is 12.7 Å². The maximum Gasteiger partial charge on any atom is 0.132 e. The minimum absolute atomic E-state index is 0.206. The van der Waals surface area contributed by atoms with Crippen LogP contribution in [0.1, 0.15) is 11.1 Å². The van der Waals surface area contributed by atoms with Gasteiger partial charge in [0.15, 0.2) is 0 Å². The van der Waals surface area contributed by atoms with Crippen molar-refractivity contribution >= 4 is 21.6 Å². The third kappa shape index (κ3) is 2.20. The molecule has 88 valence electrons. The molecule has 0 unspecified atom stereocenters. The van der Waals surface area contributed by atoms with Gasteiger partial charge in [0.1, 0.15) is 5.82 Å². The summed E-state index contributed by atoms with van der Waals surface area (Å²) in [7, 11) is 1.88. The van der Waals surface area contributed by atoms with Crippen LogP contribution in [0.15, 0.2) is 47.1 Å². The molecular formula is C14H13BrFN. The van der Waals surface area contributed by atoms with Gasteiger partial charge in [-0.2, -0.15) is 0 Å². The number of nitrogens with zero attached hydrogens (tertiary/aromatic N) is 1. The molecule has 1 aromatic carbocycles. The van der Waals surface area contributed by atoms with Gasteiger partial charge in [-0.3, -0.25) is 0 Å². The summed E-state index contributed by atoms with van der Waals surface area (Å²) < 4.78 is 14.8. The first-order chi connectivity index (χ1) is 8.00. The first-order valence-corrected chi connectivity index (χ1v) is 6.07. The van der Waals surface area contributed by atoms with Gasteiger partial charge in [0.25, 0.3) is 0 Å². The zero-order valence-corrected chi connectivity index (χ0v) is 11.4. The summed E-state index contributed by atoms with van der Waals surface area (Å²) in [5, 5.41) is 0. The van der Waals surface area contributed by atoms with Gasteiger partial charge in [-0.25, -0.2) is 4.39 Å².